The van der Waals surface area contributed by atoms with E-state index in [1.807, 2.05) is 4.98 Å². The normalized spacial score (nSPS) is 9.78. The number of ether oxygens (including phenoxy) is 1. The molecule has 9 nitrogen and oxygen atoms in total. The number of hydrogen-bond acceptors (Lipinski definition) is 6. The van der Waals surface area contributed by atoms with E-state index < -0.39 is 34.4 Å². The first-order valence-electron chi connectivity index (χ1n) is 5.85. The van der Waals surface area contributed by atoms with Crippen LogP contribution in [0.1, 0.15) is 20.8 Å². The van der Waals surface area contributed by atoms with Crippen LogP contribution in [0.15, 0.2) is 33.9 Å². The Bertz CT molecular complexity index is 867. The maximum absolute atomic E-state index is 12.2. The van der Waals surface area contributed by atoms with Gasteiger partial charge in [0, 0.05) is 0 Å². The van der Waals surface area contributed by atoms with Gasteiger partial charge in [0.25, 0.3) is 5.56 Å². The molecule has 2 aromatic rings. The molecule has 0 saturated heterocycles. The number of carbonyl (C=O) groups is 2. The molecule has 1 aromatic heterocycles. The summed E-state index contributed by atoms with van der Waals surface area (Å²) in [6, 6.07) is 5.60. The second kappa shape index (κ2) is 7.27. The number of aromatic nitrogens is 2. The minimum absolute atomic E-state index is 0. The average Bonchev–Trinajstić information content (AvgIpc) is 2.46. The van der Waals surface area contributed by atoms with E-state index in [-0.39, 0.29) is 35.2 Å². The molecule has 1 heterocycles. The van der Waals surface area contributed by atoms with E-state index in [0.29, 0.717) is 10.3 Å². The molecule has 0 bridgehead atoms. The van der Waals surface area contributed by atoms with Crippen LogP contribution in [0.4, 0.5) is 0 Å². The van der Waals surface area contributed by atoms with Crippen molar-refractivity contribution in [1.29, 1.82) is 0 Å². The van der Waals surface area contributed by atoms with Gasteiger partial charge in [0.05, 0.1) is 24.5 Å². The number of carboxylic acid groups (broad SMARTS) is 2. The van der Waals surface area contributed by atoms with Crippen molar-refractivity contribution < 1.29 is 54.1 Å². The van der Waals surface area contributed by atoms with Crippen LogP contribution in [0, 0.1) is 0 Å². The summed E-state index contributed by atoms with van der Waals surface area (Å²) in [7, 11) is 1.42. The molecule has 0 unspecified atom stereocenters. The fourth-order valence-electron chi connectivity index (χ4n) is 1.85. The molecule has 23 heavy (non-hydrogen) atoms. The van der Waals surface area contributed by atoms with Gasteiger partial charge in [0.1, 0.15) is 5.75 Å². The molecule has 0 aliphatic carbocycles. The Kier molecular flexibility index (Phi) is 5.91. The van der Waals surface area contributed by atoms with E-state index in [1.165, 1.54) is 31.4 Å². The second-order valence-electron chi connectivity index (χ2n) is 4.11. The molecule has 10 heteroatoms. The first kappa shape index (κ1) is 18.7. The predicted octanol–water partition coefficient (Wildman–Crippen LogP) is -4.40. The van der Waals surface area contributed by atoms with Gasteiger partial charge < -0.3 is 24.7 Å². The Labute approximate surface area is 150 Å². The van der Waals surface area contributed by atoms with Crippen molar-refractivity contribution in [3.05, 3.63) is 56.4 Å². The number of H-pyrrole nitrogens is 1. The van der Waals surface area contributed by atoms with E-state index in [2.05, 4.69) is 0 Å². The van der Waals surface area contributed by atoms with Gasteiger partial charge in [-0.25, -0.2) is 14.2 Å². The van der Waals surface area contributed by atoms with Crippen LogP contribution >= 0.6 is 0 Å². The van der Waals surface area contributed by atoms with Crippen LogP contribution in [0.25, 0.3) is 5.69 Å². The third kappa shape index (κ3) is 3.52. The zero-order chi connectivity index (χ0) is 16.4. The van der Waals surface area contributed by atoms with Crippen molar-refractivity contribution in [3.8, 4) is 11.4 Å². The summed E-state index contributed by atoms with van der Waals surface area (Å²) in [5, 5.41) is 19.8. The number of aromatic carboxylic acids is 2. The second-order valence-corrected chi connectivity index (χ2v) is 4.11. The van der Waals surface area contributed by atoms with Crippen LogP contribution in [0.2, 0.25) is 0 Å². The fourth-order valence-corrected chi connectivity index (χ4v) is 1.85. The molecule has 0 amide bonds. The van der Waals surface area contributed by atoms with E-state index in [0.717, 1.165) is 0 Å². The Morgan fingerprint density at radius 3 is 2.22 bits per heavy atom. The summed E-state index contributed by atoms with van der Waals surface area (Å²) in [4.78, 5) is 47.8. The van der Waals surface area contributed by atoms with Gasteiger partial charge >= 0.3 is 41.2 Å². The van der Waals surface area contributed by atoms with Crippen LogP contribution < -0.4 is 50.6 Å². The number of rotatable bonds is 4. The molecular formula is C13H9N2NaO7. The standard InChI is InChI=1S/C13H10N2O7.Na/c1-22-7-4-2-6(3-5-7)15-10(16)8(11(17)18)9(12(19)20)14-13(15)21;/h2-5H,1H3,(H,14,21)(H,17,18)(H,19,20);/q;+1/p-1. The first-order chi connectivity index (χ1) is 10.4. The van der Waals surface area contributed by atoms with Crippen molar-refractivity contribution in [3.63, 3.8) is 0 Å². The molecule has 2 N–H and O–H groups in total. The van der Waals surface area contributed by atoms with E-state index in [9.17, 15) is 24.3 Å². The Morgan fingerprint density at radius 1 is 1.22 bits per heavy atom. The Balaban J connectivity index is 0.00000264. The Morgan fingerprint density at radius 2 is 1.78 bits per heavy atom. The number of nitrogens with zero attached hydrogens (tertiary/aromatic N) is 1. The van der Waals surface area contributed by atoms with Gasteiger partial charge in [0.15, 0.2) is 5.56 Å². The van der Waals surface area contributed by atoms with E-state index in [1.54, 1.807) is 0 Å². The number of aromatic amines is 1. The molecule has 2 rings (SSSR count). The number of carbonyl (C=O) groups excluding carboxylic acids is 1. The summed E-state index contributed by atoms with van der Waals surface area (Å²) in [5.41, 5.74) is -4.48. The van der Waals surface area contributed by atoms with E-state index >= 15 is 0 Å². The van der Waals surface area contributed by atoms with Crippen LogP contribution in [0.5, 0.6) is 5.75 Å². The molecule has 0 radical (unpaired) electrons. The largest absolute Gasteiger partial charge is 1.00 e. The first-order valence-corrected chi connectivity index (χ1v) is 5.85. The molecule has 0 fully saturated rings. The van der Waals surface area contributed by atoms with E-state index in [4.69, 9.17) is 9.84 Å². The van der Waals surface area contributed by atoms with Gasteiger partial charge in [-0.2, -0.15) is 0 Å². The zero-order valence-corrected chi connectivity index (χ0v) is 14.2. The van der Waals surface area contributed by atoms with Crippen molar-refractivity contribution in [2.75, 3.05) is 7.11 Å². The van der Waals surface area contributed by atoms with Crippen LogP contribution in [-0.4, -0.2) is 33.7 Å². The molecule has 0 spiro atoms. The van der Waals surface area contributed by atoms with Crippen molar-refractivity contribution in [2.45, 2.75) is 0 Å². The number of benzene rings is 1. The predicted molar refractivity (Wildman–Crippen MR) is 70.5 cm³/mol. The average molecular weight is 328 g/mol. The van der Waals surface area contributed by atoms with Crippen molar-refractivity contribution in [2.24, 2.45) is 0 Å². The summed E-state index contributed by atoms with van der Waals surface area (Å²) in [6.45, 7) is 0. The quantitative estimate of drug-likeness (QED) is 0.540. The third-order valence-corrected chi connectivity index (χ3v) is 2.85. The van der Waals surface area contributed by atoms with Gasteiger partial charge in [-0.05, 0) is 24.3 Å². The number of carboxylic acids is 2. The molecule has 0 aliphatic heterocycles. The summed E-state index contributed by atoms with van der Waals surface area (Å²) < 4.78 is 5.43. The van der Waals surface area contributed by atoms with Gasteiger partial charge in [0.2, 0.25) is 0 Å². The number of nitrogens with one attached hydrogen (secondary N) is 1. The molecule has 0 aliphatic rings. The minimum Gasteiger partial charge on any atom is -0.543 e. The van der Waals surface area contributed by atoms with Gasteiger partial charge in [-0.1, -0.05) is 0 Å². The van der Waals surface area contributed by atoms with Gasteiger partial charge in [-0.3, -0.25) is 4.79 Å². The number of hydrogen-bond donors (Lipinski definition) is 2. The number of methoxy groups -OCH3 is 1. The molecule has 114 valence electrons. The summed E-state index contributed by atoms with van der Waals surface area (Å²) in [6.07, 6.45) is 0. The monoisotopic (exact) mass is 328 g/mol. The molecule has 0 atom stereocenters. The Hall–Kier alpha value is -2.36. The third-order valence-electron chi connectivity index (χ3n) is 2.85. The molecular weight excluding hydrogens is 319 g/mol. The van der Waals surface area contributed by atoms with Crippen molar-refractivity contribution >= 4 is 11.9 Å². The minimum atomic E-state index is -1.96. The fraction of sp³-hybridized carbons (Fsp3) is 0.0769. The maximum Gasteiger partial charge on any atom is 1.00 e. The molecule has 1 aromatic carbocycles. The SMILES string of the molecule is COc1ccc(-n2c(=O)[nH]c(C(=O)[O-])c(C(=O)O)c2=O)cc1.[Na+]. The maximum atomic E-state index is 12.2. The topological polar surface area (TPSA) is 142 Å². The zero-order valence-electron chi connectivity index (χ0n) is 12.2. The molecule has 0 saturated carbocycles. The van der Waals surface area contributed by atoms with Crippen LogP contribution in [0.3, 0.4) is 0 Å². The van der Waals surface area contributed by atoms with Crippen molar-refractivity contribution in [1.82, 2.24) is 9.55 Å². The summed E-state index contributed by atoms with van der Waals surface area (Å²) in [5.74, 6) is -3.30. The summed E-state index contributed by atoms with van der Waals surface area (Å²) >= 11 is 0. The smallest absolute Gasteiger partial charge is 0.543 e. The van der Waals surface area contributed by atoms with Crippen LogP contribution in [-0.2, 0) is 0 Å². The van der Waals surface area contributed by atoms with Gasteiger partial charge in [-0.15, -0.1) is 0 Å².